The Hall–Kier alpha value is -1.86. The second-order valence-electron chi connectivity index (χ2n) is 5.00. The number of carbonyl (C=O) groups excluding carboxylic acids is 1. The molecule has 7 heteroatoms. The summed E-state index contributed by atoms with van der Waals surface area (Å²) < 4.78 is 11.2. The fourth-order valence-electron chi connectivity index (χ4n) is 2.07. The summed E-state index contributed by atoms with van der Waals surface area (Å²) in [4.78, 5) is 13.9. The molecule has 22 heavy (non-hydrogen) atoms. The highest BCUT2D eigenvalue weighted by atomic mass is 79.9. The Morgan fingerprint density at radius 3 is 2.86 bits per heavy atom. The van der Waals surface area contributed by atoms with Gasteiger partial charge in [-0.1, -0.05) is 21.1 Å². The zero-order chi connectivity index (χ0) is 16.1. The molecule has 1 amide bonds. The molecule has 2 aromatic rings. The zero-order valence-electron chi connectivity index (χ0n) is 12.7. The number of aromatic nitrogens is 1. The highest BCUT2D eigenvalue weighted by Gasteiger charge is 2.12. The lowest BCUT2D eigenvalue weighted by atomic mass is 10.2. The Morgan fingerprint density at radius 2 is 2.23 bits per heavy atom. The summed E-state index contributed by atoms with van der Waals surface area (Å²) in [6.45, 7) is 2.60. The predicted molar refractivity (Wildman–Crippen MR) is 86.9 cm³/mol. The van der Waals surface area contributed by atoms with E-state index in [0.29, 0.717) is 18.1 Å². The molecule has 0 unspecified atom stereocenters. The Labute approximate surface area is 137 Å². The fraction of sp³-hybridized carbons (Fsp3) is 0.333. The summed E-state index contributed by atoms with van der Waals surface area (Å²) in [7, 11) is 3.50. The highest BCUT2D eigenvalue weighted by molar-refractivity contribution is 9.10. The van der Waals surface area contributed by atoms with Gasteiger partial charge in [-0.15, -0.1) is 0 Å². The number of hydrogen-bond acceptors (Lipinski definition) is 5. The van der Waals surface area contributed by atoms with E-state index in [1.54, 1.807) is 20.1 Å². The number of methoxy groups -OCH3 is 1. The number of aryl methyl sites for hydroxylation is 1. The monoisotopic (exact) mass is 367 g/mol. The Kier molecular flexibility index (Phi) is 5.57. The van der Waals surface area contributed by atoms with E-state index < -0.39 is 0 Å². The largest absolute Gasteiger partial charge is 0.496 e. The maximum atomic E-state index is 12.0. The summed E-state index contributed by atoms with van der Waals surface area (Å²) in [6, 6.07) is 7.47. The molecule has 0 atom stereocenters. The zero-order valence-corrected chi connectivity index (χ0v) is 14.3. The van der Waals surface area contributed by atoms with E-state index in [1.807, 2.05) is 30.1 Å². The minimum Gasteiger partial charge on any atom is -0.496 e. The van der Waals surface area contributed by atoms with Crippen LogP contribution in [-0.2, 0) is 11.3 Å². The van der Waals surface area contributed by atoms with Crippen LogP contribution in [0.25, 0.3) is 0 Å². The van der Waals surface area contributed by atoms with Gasteiger partial charge in [-0.05, 0) is 32.2 Å². The van der Waals surface area contributed by atoms with Gasteiger partial charge in [-0.25, -0.2) is 0 Å². The molecule has 2 rings (SSSR count). The number of rotatable bonds is 6. The van der Waals surface area contributed by atoms with E-state index in [2.05, 4.69) is 26.4 Å². The van der Waals surface area contributed by atoms with Gasteiger partial charge in [-0.3, -0.25) is 9.69 Å². The number of anilines is 1. The molecule has 0 aliphatic rings. The van der Waals surface area contributed by atoms with Gasteiger partial charge in [0, 0.05) is 22.6 Å². The molecule has 1 aromatic heterocycles. The number of carbonyl (C=O) groups is 1. The van der Waals surface area contributed by atoms with Crippen molar-refractivity contribution in [1.29, 1.82) is 0 Å². The lowest BCUT2D eigenvalue weighted by molar-refractivity contribution is -0.117. The number of ether oxygens (including phenoxy) is 1. The minimum absolute atomic E-state index is 0.148. The normalized spacial score (nSPS) is 10.8. The van der Waals surface area contributed by atoms with Crippen LogP contribution >= 0.6 is 15.9 Å². The van der Waals surface area contributed by atoms with Crippen molar-refractivity contribution >= 4 is 27.7 Å². The molecular formula is C15H18BrN3O3. The molecule has 1 heterocycles. The van der Waals surface area contributed by atoms with Crippen molar-refractivity contribution in [2.45, 2.75) is 13.5 Å². The van der Waals surface area contributed by atoms with Crippen LogP contribution in [0.15, 0.2) is 33.3 Å². The van der Waals surface area contributed by atoms with Crippen molar-refractivity contribution in [2.75, 3.05) is 26.0 Å². The summed E-state index contributed by atoms with van der Waals surface area (Å²) in [5.74, 6) is 1.73. The van der Waals surface area contributed by atoms with Gasteiger partial charge in [0.2, 0.25) is 5.91 Å². The van der Waals surface area contributed by atoms with E-state index >= 15 is 0 Å². The molecule has 6 nitrogen and oxygen atoms in total. The lowest BCUT2D eigenvalue weighted by Gasteiger charge is -2.18. The highest BCUT2D eigenvalue weighted by Crippen LogP contribution is 2.24. The standard InChI is InChI=1S/C15H18BrN3O3/c1-10-6-14(18-22-10)17-15(20)9-19(2)8-11-7-12(16)4-5-13(11)21-3/h4-7H,8-9H2,1-3H3,(H,17,18,20). The second-order valence-corrected chi connectivity index (χ2v) is 5.92. The number of amides is 1. The SMILES string of the molecule is COc1ccc(Br)cc1CN(C)CC(=O)Nc1cc(C)on1. The third-order valence-electron chi connectivity index (χ3n) is 2.99. The number of nitrogens with one attached hydrogen (secondary N) is 1. The van der Waals surface area contributed by atoms with Gasteiger partial charge in [0.25, 0.3) is 0 Å². The van der Waals surface area contributed by atoms with Gasteiger partial charge < -0.3 is 14.6 Å². The van der Waals surface area contributed by atoms with E-state index in [-0.39, 0.29) is 12.5 Å². The fourth-order valence-corrected chi connectivity index (χ4v) is 2.48. The molecular weight excluding hydrogens is 350 g/mol. The first kappa shape index (κ1) is 16.5. The van der Waals surface area contributed by atoms with E-state index in [9.17, 15) is 4.79 Å². The van der Waals surface area contributed by atoms with Crippen LogP contribution in [0.2, 0.25) is 0 Å². The topological polar surface area (TPSA) is 67.6 Å². The van der Waals surface area contributed by atoms with Crippen LogP contribution in [-0.4, -0.2) is 36.7 Å². The average Bonchev–Trinajstić information content (AvgIpc) is 2.83. The quantitative estimate of drug-likeness (QED) is 0.849. The molecule has 118 valence electrons. The first-order chi connectivity index (χ1) is 10.5. The van der Waals surface area contributed by atoms with E-state index in [0.717, 1.165) is 15.8 Å². The average molecular weight is 368 g/mol. The van der Waals surface area contributed by atoms with Crippen LogP contribution < -0.4 is 10.1 Å². The summed E-state index contributed by atoms with van der Waals surface area (Å²) >= 11 is 3.44. The molecule has 1 aromatic carbocycles. The molecule has 0 saturated carbocycles. The van der Waals surface area contributed by atoms with Crippen molar-refractivity contribution < 1.29 is 14.1 Å². The molecule has 0 saturated heterocycles. The summed E-state index contributed by atoms with van der Waals surface area (Å²) in [5, 5.41) is 6.43. The van der Waals surface area contributed by atoms with Gasteiger partial charge >= 0.3 is 0 Å². The maximum absolute atomic E-state index is 12.0. The van der Waals surface area contributed by atoms with Crippen LogP contribution in [0.5, 0.6) is 5.75 Å². The third-order valence-corrected chi connectivity index (χ3v) is 3.48. The molecule has 0 aliphatic heterocycles. The Bertz CT molecular complexity index is 657. The minimum atomic E-state index is -0.148. The second kappa shape index (κ2) is 7.42. The Balaban J connectivity index is 1.93. The molecule has 0 aliphatic carbocycles. The van der Waals surface area contributed by atoms with Crippen molar-refractivity contribution in [1.82, 2.24) is 10.1 Å². The first-order valence-corrected chi connectivity index (χ1v) is 7.51. The number of benzene rings is 1. The number of hydrogen-bond donors (Lipinski definition) is 1. The summed E-state index contributed by atoms with van der Waals surface area (Å²) in [6.07, 6.45) is 0. The first-order valence-electron chi connectivity index (χ1n) is 6.72. The maximum Gasteiger partial charge on any atom is 0.239 e. The molecule has 0 fully saturated rings. The van der Waals surface area contributed by atoms with E-state index in [4.69, 9.17) is 9.26 Å². The Morgan fingerprint density at radius 1 is 1.45 bits per heavy atom. The number of likely N-dealkylation sites (N-methyl/N-ethyl adjacent to an activating group) is 1. The van der Waals surface area contributed by atoms with Crippen molar-refractivity contribution in [2.24, 2.45) is 0 Å². The third kappa shape index (κ3) is 4.57. The molecule has 0 radical (unpaired) electrons. The van der Waals surface area contributed by atoms with Crippen LogP contribution in [0, 0.1) is 6.92 Å². The summed E-state index contributed by atoms with van der Waals surface area (Å²) in [5.41, 5.74) is 1.00. The van der Waals surface area contributed by atoms with Gasteiger partial charge in [-0.2, -0.15) is 0 Å². The van der Waals surface area contributed by atoms with Crippen LogP contribution in [0.4, 0.5) is 5.82 Å². The van der Waals surface area contributed by atoms with Gasteiger partial charge in [0.05, 0.1) is 13.7 Å². The van der Waals surface area contributed by atoms with E-state index in [1.165, 1.54) is 0 Å². The smallest absolute Gasteiger partial charge is 0.239 e. The van der Waals surface area contributed by atoms with Crippen LogP contribution in [0.1, 0.15) is 11.3 Å². The number of halogens is 1. The van der Waals surface area contributed by atoms with Gasteiger partial charge in [0.1, 0.15) is 11.5 Å². The van der Waals surface area contributed by atoms with Crippen molar-refractivity contribution in [3.05, 3.63) is 40.1 Å². The lowest BCUT2D eigenvalue weighted by Crippen LogP contribution is -2.30. The molecule has 0 spiro atoms. The van der Waals surface area contributed by atoms with Gasteiger partial charge in [0.15, 0.2) is 5.82 Å². The number of nitrogens with zero attached hydrogens (tertiary/aromatic N) is 2. The van der Waals surface area contributed by atoms with Crippen molar-refractivity contribution in [3.63, 3.8) is 0 Å². The van der Waals surface area contributed by atoms with Crippen LogP contribution in [0.3, 0.4) is 0 Å². The molecule has 0 bridgehead atoms. The van der Waals surface area contributed by atoms with Crippen molar-refractivity contribution in [3.8, 4) is 5.75 Å². The molecule has 1 N–H and O–H groups in total. The predicted octanol–water partition coefficient (Wildman–Crippen LogP) is 2.82.